The van der Waals surface area contributed by atoms with E-state index in [4.69, 9.17) is 0 Å². The van der Waals surface area contributed by atoms with Crippen LogP contribution in [-0.2, 0) is 9.59 Å². The van der Waals surface area contributed by atoms with Crippen LogP contribution in [0.2, 0.25) is 0 Å². The first kappa shape index (κ1) is 23.4. The van der Waals surface area contributed by atoms with Gasteiger partial charge in [-0.1, -0.05) is 42.0 Å². The number of para-hydroxylation sites is 1. The van der Waals surface area contributed by atoms with Gasteiger partial charge in [0.1, 0.15) is 12.0 Å². The summed E-state index contributed by atoms with van der Waals surface area (Å²) in [5, 5.41) is 5.32. The van der Waals surface area contributed by atoms with Gasteiger partial charge in [-0.3, -0.25) is 9.59 Å². The highest BCUT2D eigenvalue weighted by Crippen LogP contribution is 2.39. The van der Waals surface area contributed by atoms with Crippen molar-refractivity contribution in [3.63, 3.8) is 0 Å². The highest BCUT2D eigenvalue weighted by molar-refractivity contribution is 5.83. The minimum Gasteiger partial charge on any atom is -0.366 e. The molecule has 3 N–H and O–H groups in total. The van der Waals surface area contributed by atoms with Gasteiger partial charge in [-0.2, -0.15) is 5.53 Å². The van der Waals surface area contributed by atoms with E-state index in [-0.39, 0.29) is 47.7 Å². The Kier molecular flexibility index (Phi) is 6.15. The third-order valence-electron chi connectivity index (χ3n) is 8.34. The normalized spacial score (nSPS) is 30.5. The van der Waals surface area contributed by atoms with Crippen LogP contribution >= 0.6 is 0 Å². The summed E-state index contributed by atoms with van der Waals surface area (Å²) in [7, 11) is 0. The van der Waals surface area contributed by atoms with Crippen molar-refractivity contribution >= 4 is 17.5 Å². The van der Waals surface area contributed by atoms with Crippen molar-refractivity contribution in [1.29, 1.82) is 0 Å². The number of nitrogens with one attached hydrogen (secondary N) is 3. The molecule has 0 bridgehead atoms. The molecule has 190 valence electrons. The highest BCUT2D eigenvalue weighted by atomic mass is 19.1. The Morgan fingerprint density at radius 3 is 2.50 bits per heavy atom. The van der Waals surface area contributed by atoms with Gasteiger partial charge in [-0.25, -0.2) is 14.8 Å². The first-order valence-corrected chi connectivity index (χ1v) is 12.9. The van der Waals surface area contributed by atoms with E-state index in [9.17, 15) is 14.0 Å². The van der Waals surface area contributed by atoms with E-state index in [0.717, 1.165) is 5.56 Å². The van der Waals surface area contributed by atoms with Gasteiger partial charge in [0, 0.05) is 38.1 Å². The van der Waals surface area contributed by atoms with Crippen molar-refractivity contribution in [3.8, 4) is 0 Å². The van der Waals surface area contributed by atoms with E-state index in [1.807, 2.05) is 15.9 Å². The summed E-state index contributed by atoms with van der Waals surface area (Å²) in [6.07, 6.45) is 1.85. The smallest absolute Gasteiger partial charge is 0.226 e. The van der Waals surface area contributed by atoms with Crippen LogP contribution in [-0.4, -0.2) is 60.1 Å². The van der Waals surface area contributed by atoms with Crippen LogP contribution in [0.1, 0.15) is 36.4 Å². The predicted molar refractivity (Wildman–Crippen MR) is 134 cm³/mol. The molecule has 5 unspecified atom stereocenters. The van der Waals surface area contributed by atoms with E-state index in [2.05, 4.69) is 52.5 Å². The molecule has 0 spiro atoms. The molecule has 1 saturated carbocycles. The van der Waals surface area contributed by atoms with Gasteiger partial charge in [-0.05, 0) is 43.9 Å². The average molecular weight is 493 g/mol. The first-order chi connectivity index (χ1) is 17.5. The number of amides is 2. The fourth-order valence-electron chi connectivity index (χ4n) is 6.31. The monoisotopic (exact) mass is 492 g/mol. The lowest BCUT2D eigenvalue weighted by Crippen LogP contribution is -2.66. The van der Waals surface area contributed by atoms with Crippen LogP contribution in [0.15, 0.2) is 48.5 Å². The summed E-state index contributed by atoms with van der Waals surface area (Å²) in [6, 6.07) is 15.0. The molecule has 0 aromatic heterocycles. The molecule has 36 heavy (non-hydrogen) atoms. The maximum atomic E-state index is 14.2. The summed E-state index contributed by atoms with van der Waals surface area (Å²) in [4.78, 5) is 30.5. The molecule has 3 saturated heterocycles. The SMILES string of the molecule is Cc1ccc(C2NNN3C4CC(C(=O)N5CCN(c6ccccc6F)CC5)CCC4C(=O)NC23)cc1. The molecule has 4 aliphatic rings. The van der Waals surface area contributed by atoms with E-state index >= 15 is 0 Å². The maximum absolute atomic E-state index is 14.2. The number of aryl methyl sites for hydroxylation is 1. The number of halogens is 1. The molecule has 9 heteroatoms. The Labute approximate surface area is 210 Å². The number of piperazine rings is 1. The molecule has 6 rings (SSSR count). The second kappa shape index (κ2) is 9.46. The molecule has 2 amide bonds. The van der Waals surface area contributed by atoms with Crippen LogP contribution in [0.5, 0.6) is 0 Å². The zero-order valence-electron chi connectivity index (χ0n) is 20.5. The zero-order valence-corrected chi connectivity index (χ0v) is 20.5. The van der Waals surface area contributed by atoms with E-state index < -0.39 is 0 Å². The van der Waals surface area contributed by atoms with Gasteiger partial charge in [0.25, 0.3) is 0 Å². The summed E-state index contributed by atoms with van der Waals surface area (Å²) in [6.45, 7) is 4.46. The lowest BCUT2D eigenvalue weighted by Gasteiger charge is -2.47. The summed E-state index contributed by atoms with van der Waals surface area (Å²) >= 11 is 0. The number of rotatable bonds is 3. The van der Waals surface area contributed by atoms with Gasteiger partial charge in [0.2, 0.25) is 11.8 Å². The number of hydrazine groups is 2. The molecular weight excluding hydrogens is 459 g/mol. The van der Waals surface area contributed by atoms with Crippen molar-refractivity contribution in [2.75, 3.05) is 31.1 Å². The molecule has 4 fully saturated rings. The second-order valence-corrected chi connectivity index (χ2v) is 10.5. The third-order valence-corrected chi connectivity index (χ3v) is 8.34. The Balaban J connectivity index is 1.12. The molecule has 3 aliphatic heterocycles. The summed E-state index contributed by atoms with van der Waals surface area (Å²) < 4.78 is 14.2. The lowest BCUT2D eigenvalue weighted by atomic mass is 9.75. The Hall–Kier alpha value is -3.01. The topological polar surface area (TPSA) is 80.0 Å². The molecule has 2 aromatic carbocycles. The van der Waals surface area contributed by atoms with E-state index in [0.29, 0.717) is 51.1 Å². The van der Waals surface area contributed by atoms with Crippen LogP contribution in [0, 0.1) is 24.6 Å². The molecule has 3 heterocycles. The van der Waals surface area contributed by atoms with Crippen LogP contribution in [0.3, 0.4) is 0 Å². The van der Waals surface area contributed by atoms with Gasteiger partial charge in [0.05, 0.1) is 17.6 Å². The number of hydrogen-bond donors (Lipinski definition) is 3. The van der Waals surface area contributed by atoms with Crippen LogP contribution < -0.4 is 21.2 Å². The summed E-state index contributed by atoms with van der Waals surface area (Å²) in [5.41, 5.74) is 9.56. The van der Waals surface area contributed by atoms with Crippen molar-refractivity contribution in [1.82, 2.24) is 26.2 Å². The standard InChI is InChI=1S/C27H33FN6O2/c1-17-6-8-18(9-7-17)24-25-29-26(35)20-11-10-19(16-23(20)34(25)31-30-24)27(36)33-14-12-32(13-15-33)22-5-3-2-4-21(22)28/h2-9,19-20,23-25,30-31H,10-16H2,1H3,(H,29,35). The van der Waals surface area contributed by atoms with Crippen molar-refractivity contribution in [2.45, 2.75) is 44.4 Å². The van der Waals surface area contributed by atoms with Crippen LogP contribution in [0.4, 0.5) is 10.1 Å². The quantitative estimate of drug-likeness (QED) is 0.609. The van der Waals surface area contributed by atoms with E-state index in [1.165, 1.54) is 11.6 Å². The molecule has 2 aromatic rings. The van der Waals surface area contributed by atoms with E-state index in [1.54, 1.807) is 12.1 Å². The van der Waals surface area contributed by atoms with Crippen molar-refractivity contribution in [2.24, 2.45) is 11.8 Å². The Morgan fingerprint density at radius 2 is 1.75 bits per heavy atom. The molecular formula is C27H33FN6O2. The highest BCUT2D eigenvalue weighted by Gasteiger charge is 2.51. The number of anilines is 1. The van der Waals surface area contributed by atoms with Crippen molar-refractivity contribution < 1.29 is 14.0 Å². The van der Waals surface area contributed by atoms with Crippen molar-refractivity contribution in [3.05, 3.63) is 65.5 Å². The fourth-order valence-corrected chi connectivity index (χ4v) is 6.31. The van der Waals surface area contributed by atoms with Crippen LogP contribution in [0.25, 0.3) is 0 Å². The number of benzene rings is 2. The minimum atomic E-state index is -0.226. The second-order valence-electron chi connectivity index (χ2n) is 10.5. The Bertz CT molecular complexity index is 1140. The number of carbonyl (C=O) groups is 2. The first-order valence-electron chi connectivity index (χ1n) is 12.9. The Morgan fingerprint density at radius 1 is 1.00 bits per heavy atom. The van der Waals surface area contributed by atoms with Gasteiger partial charge in [-0.15, -0.1) is 0 Å². The number of nitrogens with zero attached hydrogens (tertiary/aromatic N) is 3. The lowest BCUT2D eigenvalue weighted by molar-refractivity contribution is -0.147. The maximum Gasteiger partial charge on any atom is 0.226 e. The number of hydrogen-bond acceptors (Lipinski definition) is 6. The minimum absolute atomic E-state index is 0.0471. The zero-order chi connectivity index (χ0) is 24.8. The average Bonchev–Trinajstić information content (AvgIpc) is 3.33. The predicted octanol–water partition coefficient (Wildman–Crippen LogP) is 2.09. The van der Waals surface area contributed by atoms with Gasteiger partial charge < -0.3 is 15.1 Å². The number of fused-ring (bicyclic) bond motifs is 3. The molecule has 5 atom stereocenters. The third kappa shape index (κ3) is 4.15. The largest absolute Gasteiger partial charge is 0.366 e. The fraction of sp³-hybridized carbons (Fsp3) is 0.481. The van der Waals surface area contributed by atoms with Gasteiger partial charge in [0.15, 0.2) is 0 Å². The molecule has 8 nitrogen and oxygen atoms in total. The number of carbonyl (C=O) groups excluding carboxylic acids is 2. The molecule has 1 aliphatic carbocycles. The molecule has 0 radical (unpaired) electrons. The van der Waals surface area contributed by atoms with Gasteiger partial charge >= 0.3 is 0 Å². The summed E-state index contributed by atoms with van der Waals surface area (Å²) in [5.74, 6) is -0.233.